The van der Waals surface area contributed by atoms with Gasteiger partial charge in [0.05, 0.1) is 6.61 Å². The molecule has 1 N–H and O–H groups in total. The molecule has 1 aromatic carbocycles. The predicted octanol–water partition coefficient (Wildman–Crippen LogP) is 1.04. The summed E-state index contributed by atoms with van der Waals surface area (Å²) in [6.45, 7) is 5.78. The molecule has 2 heteroatoms. The van der Waals surface area contributed by atoms with Crippen molar-refractivity contribution < 1.29 is 9.84 Å². The van der Waals surface area contributed by atoms with Gasteiger partial charge >= 0.3 is 0 Å². The topological polar surface area (TPSA) is 29.5 Å². The van der Waals surface area contributed by atoms with Crippen LogP contribution < -0.4 is 4.74 Å². The molecule has 0 fully saturated rings. The van der Waals surface area contributed by atoms with E-state index >= 15 is 0 Å². The second-order valence-corrected chi connectivity index (χ2v) is 2.95. The zero-order valence-corrected chi connectivity index (χ0v) is 6.66. The number of fused-ring (bicyclic) bond motifs is 1. The van der Waals surface area contributed by atoms with Crippen molar-refractivity contribution in [2.24, 2.45) is 0 Å². The number of hydrogen-bond donors (Lipinski definition) is 1. The van der Waals surface area contributed by atoms with Gasteiger partial charge in [0.2, 0.25) is 0 Å². The van der Waals surface area contributed by atoms with Crippen molar-refractivity contribution in [1.29, 1.82) is 0 Å². The first kappa shape index (κ1) is 7.62. The fraction of sp³-hybridized carbons (Fsp3) is 0.300. The Morgan fingerprint density at radius 1 is 1.58 bits per heavy atom. The van der Waals surface area contributed by atoms with Crippen LogP contribution in [0.15, 0.2) is 18.2 Å². The molecule has 1 unspecified atom stereocenters. The van der Waals surface area contributed by atoms with Crippen molar-refractivity contribution in [3.63, 3.8) is 0 Å². The van der Waals surface area contributed by atoms with Gasteiger partial charge in [0.1, 0.15) is 11.9 Å². The number of ether oxygens (including phenoxy) is 1. The van der Waals surface area contributed by atoms with Gasteiger partial charge in [-0.15, -0.1) is 0 Å². The lowest BCUT2D eigenvalue weighted by Crippen LogP contribution is -2.17. The number of aliphatic hydroxyl groups excluding tert-OH is 1. The largest absolute Gasteiger partial charge is 0.487 e. The molecule has 0 saturated heterocycles. The van der Waals surface area contributed by atoms with Crippen LogP contribution in [0.3, 0.4) is 0 Å². The first-order chi connectivity index (χ1) is 5.81. The molecule has 1 atom stereocenters. The van der Waals surface area contributed by atoms with Gasteiger partial charge in [-0.1, -0.05) is 12.1 Å². The van der Waals surface area contributed by atoms with E-state index in [0.717, 1.165) is 23.3 Å². The van der Waals surface area contributed by atoms with Gasteiger partial charge in [0.15, 0.2) is 0 Å². The van der Waals surface area contributed by atoms with Gasteiger partial charge in [-0.2, -0.15) is 0 Å². The van der Waals surface area contributed by atoms with Crippen LogP contribution >= 0.6 is 0 Å². The molecule has 0 spiro atoms. The van der Waals surface area contributed by atoms with E-state index in [1.54, 1.807) is 0 Å². The Morgan fingerprint density at radius 2 is 2.42 bits per heavy atom. The summed E-state index contributed by atoms with van der Waals surface area (Å²) in [5.74, 6) is 0.814. The minimum Gasteiger partial charge on any atom is -0.487 e. The molecule has 0 amide bonds. The monoisotopic (exact) mass is 162 g/mol. The molecule has 1 aliphatic rings. The van der Waals surface area contributed by atoms with Gasteiger partial charge in [-0.05, 0) is 18.6 Å². The quantitative estimate of drug-likeness (QED) is 0.668. The minimum absolute atomic E-state index is 0.0497. The fourth-order valence-corrected chi connectivity index (χ4v) is 1.46. The lowest BCUT2D eigenvalue weighted by Gasteiger charge is -2.04. The highest BCUT2D eigenvalue weighted by Crippen LogP contribution is 2.30. The molecule has 1 aliphatic heterocycles. The van der Waals surface area contributed by atoms with Gasteiger partial charge < -0.3 is 9.84 Å². The maximum atomic E-state index is 8.86. The summed E-state index contributed by atoms with van der Waals surface area (Å²) in [4.78, 5) is 0. The van der Waals surface area contributed by atoms with Gasteiger partial charge in [0, 0.05) is 12.0 Å². The molecule has 0 bridgehead atoms. The van der Waals surface area contributed by atoms with E-state index in [1.165, 1.54) is 0 Å². The summed E-state index contributed by atoms with van der Waals surface area (Å²) in [6.07, 6.45) is 0.614. The SMILES string of the molecule is [CH]c1cccc2c1CC(CO)O2. The molecule has 0 saturated carbocycles. The van der Waals surface area contributed by atoms with Gasteiger partial charge in [-0.25, -0.2) is 0 Å². The Balaban J connectivity index is 2.35. The third-order valence-corrected chi connectivity index (χ3v) is 2.10. The Kier molecular flexibility index (Phi) is 1.77. The Morgan fingerprint density at radius 3 is 3.08 bits per heavy atom. The normalized spacial score (nSPS) is 20.3. The average Bonchev–Trinajstić information content (AvgIpc) is 2.49. The smallest absolute Gasteiger partial charge is 0.126 e. The van der Waals surface area contributed by atoms with Crippen LogP contribution in [-0.2, 0) is 6.42 Å². The fourth-order valence-electron chi connectivity index (χ4n) is 1.46. The molecule has 1 heterocycles. The van der Waals surface area contributed by atoms with Gasteiger partial charge in [0.25, 0.3) is 0 Å². The van der Waals surface area contributed by atoms with E-state index < -0.39 is 0 Å². The summed E-state index contributed by atoms with van der Waals surface area (Å²) < 4.78 is 5.41. The molecule has 12 heavy (non-hydrogen) atoms. The second kappa shape index (κ2) is 2.79. The lowest BCUT2D eigenvalue weighted by atomic mass is 10.0. The summed E-state index contributed by atoms with van der Waals surface area (Å²) in [5, 5.41) is 8.86. The number of rotatable bonds is 1. The highest BCUT2D eigenvalue weighted by Gasteiger charge is 2.22. The maximum Gasteiger partial charge on any atom is 0.126 e. The molecule has 2 rings (SSSR count). The van der Waals surface area contributed by atoms with E-state index in [9.17, 15) is 0 Å². The third-order valence-electron chi connectivity index (χ3n) is 2.10. The number of aliphatic hydroxyl groups is 1. The lowest BCUT2D eigenvalue weighted by molar-refractivity contribution is 0.134. The number of benzene rings is 1. The Bertz CT molecular complexity index is 294. The maximum absolute atomic E-state index is 8.86. The summed E-state index contributed by atoms with van der Waals surface area (Å²) in [6, 6.07) is 5.58. The molecule has 62 valence electrons. The zero-order valence-electron chi connectivity index (χ0n) is 6.66. The van der Waals surface area contributed by atoms with Crippen LogP contribution in [-0.4, -0.2) is 17.8 Å². The Hall–Kier alpha value is -1.02. The highest BCUT2D eigenvalue weighted by atomic mass is 16.5. The zero-order chi connectivity index (χ0) is 8.55. The molecule has 1 aromatic rings. The van der Waals surface area contributed by atoms with Crippen LogP contribution in [0.25, 0.3) is 0 Å². The van der Waals surface area contributed by atoms with Crippen LogP contribution in [0.5, 0.6) is 5.75 Å². The van der Waals surface area contributed by atoms with Crippen molar-refractivity contribution >= 4 is 0 Å². The number of hydrogen-bond acceptors (Lipinski definition) is 2. The van der Waals surface area contributed by atoms with E-state index in [1.807, 2.05) is 18.2 Å². The Labute approximate surface area is 71.8 Å². The van der Waals surface area contributed by atoms with Crippen LogP contribution in [0.1, 0.15) is 11.1 Å². The van der Waals surface area contributed by atoms with Crippen LogP contribution in [0, 0.1) is 6.92 Å². The molecular formula is C10H10O2. The first-order valence-corrected chi connectivity index (χ1v) is 3.96. The third kappa shape index (κ3) is 1.08. The predicted molar refractivity (Wildman–Crippen MR) is 45.0 cm³/mol. The minimum atomic E-state index is -0.107. The van der Waals surface area contributed by atoms with Crippen molar-refractivity contribution in [2.75, 3.05) is 6.61 Å². The standard InChI is InChI=1S/C10H10O2/c1-7-3-2-4-10-9(7)5-8(6-11)12-10/h1-4,8,11H,5-6H2. The van der Waals surface area contributed by atoms with E-state index in [-0.39, 0.29) is 12.7 Å². The van der Waals surface area contributed by atoms with E-state index in [0.29, 0.717) is 0 Å². The van der Waals surface area contributed by atoms with E-state index in [2.05, 4.69) is 0 Å². The van der Waals surface area contributed by atoms with Crippen molar-refractivity contribution in [2.45, 2.75) is 12.5 Å². The summed E-state index contributed by atoms with van der Waals surface area (Å²) >= 11 is 0. The molecular weight excluding hydrogens is 152 g/mol. The van der Waals surface area contributed by atoms with Crippen molar-refractivity contribution in [3.8, 4) is 5.75 Å². The van der Waals surface area contributed by atoms with Crippen LogP contribution in [0.2, 0.25) is 0 Å². The molecule has 0 aromatic heterocycles. The average molecular weight is 162 g/mol. The second-order valence-electron chi connectivity index (χ2n) is 2.95. The summed E-state index contributed by atoms with van der Waals surface area (Å²) in [5.41, 5.74) is 1.78. The van der Waals surface area contributed by atoms with E-state index in [4.69, 9.17) is 16.8 Å². The van der Waals surface area contributed by atoms with Gasteiger partial charge in [-0.3, -0.25) is 0 Å². The van der Waals surface area contributed by atoms with Crippen molar-refractivity contribution in [1.82, 2.24) is 0 Å². The molecule has 2 radical (unpaired) electrons. The summed E-state index contributed by atoms with van der Waals surface area (Å²) in [7, 11) is 0. The van der Waals surface area contributed by atoms with Crippen LogP contribution in [0.4, 0.5) is 0 Å². The highest BCUT2D eigenvalue weighted by molar-refractivity contribution is 5.44. The molecule has 2 nitrogen and oxygen atoms in total. The molecule has 0 aliphatic carbocycles. The first-order valence-electron chi connectivity index (χ1n) is 3.96. The van der Waals surface area contributed by atoms with Crippen molar-refractivity contribution in [3.05, 3.63) is 36.2 Å².